The van der Waals surface area contributed by atoms with E-state index in [0.29, 0.717) is 5.69 Å². The molecule has 0 aliphatic rings. The standard InChI is InChI=1S/C12H10FN3O/c1-8-6-7-11(16-15-8)12(17)14-10-5-3-2-4-9(10)13/h2-7H,1H3,(H,14,17). The molecule has 0 saturated heterocycles. The molecule has 0 unspecified atom stereocenters. The van der Waals surface area contributed by atoms with E-state index < -0.39 is 11.7 Å². The summed E-state index contributed by atoms with van der Waals surface area (Å²) < 4.78 is 13.3. The average molecular weight is 231 g/mol. The van der Waals surface area contributed by atoms with E-state index in [1.807, 2.05) is 0 Å². The zero-order chi connectivity index (χ0) is 12.3. The molecule has 0 aliphatic carbocycles. The molecule has 2 aromatic rings. The minimum absolute atomic E-state index is 0.125. The van der Waals surface area contributed by atoms with Crippen molar-refractivity contribution < 1.29 is 9.18 Å². The average Bonchev–Trinajstić information content (AvgIpc) is 2.33. The number of nitrogens with one attached hydrogen (secondary N) is 1. The van der Waals surface area contributed by atoms with E-state index in [2.05, 4.69) is 15.5 Å². The number of hydrogen-bond acceptors (Lipinski definition) is 3. The highest BCUT2D eigenvalue weighted by Gasteiger charge is 2.10. The molecular weight excluding hydrogens is 221 g/mol. The van der Waals surface area contributed by atoms with Gasteiger partial charge in [-0.15, -0.1) is 5.10 Å². The van der Waals surface area contributed by atoms with Gasteiger partial charge in [0.15, 0.2) is 5.69 Å². The van der Waals surface area contributed by atoms with E-state index in [4.69, 9.17) is 0 Å². The smallest absolute Gasteiger partial charge is 0.276 e. The minimum Gasteiger partial charge on any atom is -0.318 e. The summed E-state index contributed by atoms with van der Waals surface area (Å²) in [6, 6.07) is 9.16. The topological polar surface area (TPSA) is 54.9 Å². The number of nitrogens with zero attached hydrogens (tertiary/aromatic N) is 2. The summed E-state index contributed by atoms with van der Waals surface area (Å²) in [6.45, 7) is 1.77. The molecular formula is C12H10FN3O. The van der Waals surface area contributed by atoms with Crippen molar-refractivity contribution in [3.05, 3.63) is 53.6 Å². The molecule has 0 fully saturated rings. The monoisotopic (exact) mass is 231 g/mol. The van der Waals surface area contributed by atoms with Crippen molar-refractivity contribution in [2.45, 2.75) is 6.92 Å². The SMILES string of the molecule is Cc1ccc(C(=O)Nc2ccccc2F)nn1. The van der Waals surface area contributed by atoms with Crippen molar-refractivity contribution in [3.63, 3.8) is 0 Å². The van der Waals surface area contributed by atoms with Crippen molar-refractivity contribution in [2.24, 2.45) is 0 Å². The van der Waals surface area contributed by atoms with Gasteiger partial charge in [0.25, 0.3) is 5.91 Å². The van der Waals surface area contributed by atoms with Crippen molar-refractivity contribution >= 4 is 11.6 Å². The molecule has 1 heterocycles. The summed E-state index contributed by atoms with van der Waals surface area (Å²) in [5, 5.41) is 9.91. The lowest BCUT2D eigenvalue weighted by Crippen LogP contribution is -2.15. The molecule has 2 rings (SSSR count). The predicted octanol–water partition coefficient (Wildman–Crippen LogP) is 2.18. The summed E-state index contributed by atoms with van der Waals surface area (Å²) in [7, 11) is 0. The fourth-order valence-electron chi connectivity index (χ4n) is 1.27. The molecule has 5 heteroatoms. The maximum Gasteiger partial charge on any atom is 0.276 e. The first-order valence-electron chi connectivity index (χ1n) is 5.03. The van der Waals surface area contributed by atoms with E-state index in [1.165, 1.54) is 12.1 Å². The number of benzene rings is 1. The lowest BCUT2D eigenvalue weighted by molar-refractivity contribution is 0.102. The lowest BCUT2D eigenvalue weighted by atomic mass is 10.3. The number of halogens is 1. The van der Waals surface area contributed by atoms with Crippen LogP contribution < -0.4 is 5.32 Å². The quantitative estimate of drug-likeness (QED) is 0.861. The fourth-order valence-corrected chi connectivity index (χ4v) is 1.27. The van der Waals surface area contributed by atoms with Crippen molar-refractivity contribution in [3.8, 4) is 0 Å². The highest BCUT2D eigenvalue weighted by Crippen LogP contribution is 2.13. The molecule has 0 atom stereocenters. The first-order valence-corrected chi connectivity index (χ1v) is 5.03. The number of rotatable bonds is 2. The van der Waals surface area contributed by atoms with Gasteiger partial charge in [0.2, 0.25) is 0 Å². The number of amides is 1. The molecule has 0 spiro atoms. The number of carbonyl (C=O) groups excluding carboxylic acids is 1. The van der Waals surface area contributed by atoms with Gasteiger partial charge in [-0.25, -0.2) is 4.39 Å². The van der Waals surface area contributed by atoms with Gasteiger partial charge in [0.1, 0.15) is 5.82 Å². The van der Waals surface area contributed by atoms with Gasteiger partial charge in [-0.1, -0.05) is 12.1 Å². The summed E-state index contributed by atoms with van der Waals surface area (Å²) in [6.07, 6.45) is 0. The van der Waals surface area contributed by atoms with Gasteiger partial charge in [-0.2, -0.15) is 5.10 Å². The van der Waals surface area contributed by atoms with Crippen LogP contribution in [0.25, 0.3) is 0 Å². The van der Waals surface area contributed by atoms with E-state index in [1.54, 1.807) is 31.2 Å². The van der Waals surface area contributed by atoms with Crippen LogP contribution >= 0.6 is 0 Å². The summed E-state index contributed by atoms with van der Waals surface area (Å²) in [5.41, 5.74) is 0.992. The van der Waals surface area contributed by atoms with Crippen molar-refractivity contribution in [2.75, 3.05) is 5.32 Å². The number of aryl methyl sites for hydroxylation is 1. The Bertz CT molecular complexity index is 540. The zero-order valence-electron chi connectivity index (χ0n) is 9.14. The molecule has 86 valence electrons. The van der Waals surface area contributed by atoms with Gasteiger partial charge in [0.05, 0.1) is 11.4 Å². The highest BCUT2D eigenvalue weighted by atomic mass is 19.1. The number of para-hydroxylation sites is 1. The van der Waals surface area contributed by atoms with E-state index in [-0.39, 0.29) is 11.4 Å². The third kappa shape index (κ3) is 2.63. The second-order valence-corrected chi connectivity index (χ2v) is 3.49. The minimum atomic E-state index is -0.485. The Hall–Kier alpha value is -2.30. The molecule has 1 aromatic heterocycles. The van der Waals surface area contributed by atoms with Crippen molar-refractivity contribution in [1.82, 2.24) is 10.2 Å². The second kappa shape index (κ2) is 4.69. The number of hydrogen-bond donors (Lipinski definition) is 1. The van der Waals surface area contributed by atoms with Crippen LogP contribution in [-0.2, 0) is 0 Å². The van der Waals surface area contributed by atoms with Crippen LogP contribution in [0, 0.1) is 12.7 Å². The molecule has 4 nitrogen and oxygen atoms in total. The Morgan fingerprint density at radius 3 is 2.59 bits per heavy atom. The molecule has 0 aliphatic heterocycles. The summed E-state index contributed by atoms with van der Waals surface area (Å²) >= 11 is 0. The Morgan fingerprint density at radius 2 is 1.94 bits per heavy atom. The Balaban J connectivity index is 2.17. The van der Waals surface area contributed by atoms with Crippen LogP contribution in [0.5, 0.6) is 0 Å². The molecule has 0 radical (unpaired) electrons. The Labute approximate surface area is 97.5 Å². The van der Waals surface area contributed by atoms with Crippen LogP contribution in [0.1, 0.15) is 16.2 Å². The molecule has 17 heavy (non-hydrogen) atoms. The fraction of sp³-hybridized carbons (Fsp3) is 0.0833. The van der Waals surface area contributed by atoms with Gasteiger partial charge in [-0.3, -0.25) is 4.79 Å². The number of aromatic nitrogens is 2. The van der Waals surface area contributed by atoms with E-state index in [9.17, 15) is 9.18 Å². The van der Waals surface area contributed by atoms with Gasteiger partial charge < -0.3 is 5.32 Å². The molecule has 1 aromatic carbocycles. The lowest BCUT2D eigenvalue weighted by Gasteiger charge is -2.04. The molecule has 1 amide bonds. The molecule has 1 N–H and O–H groups in total. The third-order valence-corrected chi connectivity index (χ3v) is 2.15. The highest BCUT2D eigenvalue weighted by molar-refractivity contribution is 6.02. The normalized spacial score (nSPS) is 10.0. The van der Waals surface area contributed by atoms with Crippen LogP contribution in [0.4, 0.5) is 10.1 Å². The van der Waals surface area contributed by atoms with Gasteiger partial charge in [0, 0.05) is 0 Å². The maximum atomic E-state index is 13.3. The first-order chi connectivity index (χ1) is 8.16. The van der Waals surface area contributed by atoms with E-state index >= 15 is 0 Å². The molecule has 0 saturated carbocycles. The largest absolute Gasteiger partial charge is 0.318 e. The Kier molecular flexibility index (Phi) is 3.09. The van der Waals surface area contributed by atoms with Crippen LogP contribution in [0.2, 0.25) is 0 Å². The van der Waals surface area contributed by atoms with Crippen molar-refractivity contribution in [1.29, 1.82) is 0 Å². The number of carbonyl (C=O) groups is 1. The predicted molar refractivity (Wildman–Crippen MR) is 61.1 cm³/mol. The van der Waals surface area contributed by atoms with E-state index in [0.717, 1.165) is 0 Å². The first kappa shape index (κ1) is 11.2. The van der Waals surface area contributed by atoms with Gasteiger partial charge >= 0.3 is 0 Å². The zero-order valence-corrected chi connectivity index (χ0v) is 9.14. The third-order valence-electron chi connectivity index (χ3n) is 2.15. The maximum absolute atomic E-state index is 13.3. The summed E-state index contributed by atoms with van der Waals surface area (Å²) in [5.74, 6) is -0.969. The van der Waals surface area contributed by atoms with Crippen LogP contribution in [-0.4, -0.2) is 16.1 Å². The van der Waals surface area contributed by atoms with Crippen LogP contribution in [0.15, 0.2) is 36.4 Å². The number of anilines is 1. The van der Waals surface area contributed by atoms with Gasteiger partial charge in [-0.05, 0) is 31.2 Å². The summed E-state index contributed by atoms with van der Waals surface area (Å²) in [4.78, 5) is 11.7. The van der Waals surface area contributed by atoms with Crippen LogP contribution in [0.3, 0.4) is 0 Å². The molecule has 0 bridgehead atoms. The Morgan fingerprint density at radius 1 is 1.18 bits per heavy atom. The second-order valence-electron chi connectivity index (χ2n) is 3.49.